The van der Waals surface area contributed by atoms with Gasteiger partial charge in [-0.25, -0.2) is 0 Å². The van der Waals surface area contributed by atoms with Gasteiger partial charge in [0.15, 0.2) is 0 Å². The summed E-state index contributed by atoms with van der Waals surface area (Å²) in [6.45, 7) is 4.59. The number of carbonyl (C=O) groups excluding carboxylic acids is 5. The molecule has 10 nitrogen and oxygen atoms in total. The maximum absolute atomic E-state index is 13.3. The highest BCUT2D eigenvalue weighted by Crippen LogP contribution is 2.32. The molecule has 5 amide bonds. The molecule has 2 aliphatic rings. The summed E-state index contributed by atoms with van der Waals surface area (Å²) in [6, 6.07) is 24.0. The van der Waals surface area contributed by atoms with E-state index in [0.717, 1.165) is 33.2 Å². The molecule has 1 saturated heterocycles. The first kappa shape index (κ1) is 31.5. The van der Waals surface area contributed by atoms with Crippen molar-refractivity contribution in [3.63, 3.8) is 0 Å². The third-order valence-electron chi connectivity index (χ3n) is 8.88. The van der Waals surface area contributed by atoms with Crippen LogP contribution in [0.5, 0.6) is 0 Å². The van der Waals surface area contributed by atoms with Gasteiger partial charge in [-0.1, -0.05) is 54.6 Å². The van der Waals surface area contributed by atoms with Crippen LogP contribution in [-0.4, -0.2) is 47.0 Å². The zero-order chi connectivity index (χ0) is 33.1. The van der Waals surface area contributed by atoms with Crippen molar-refractivity contribution in [1.29, 1.82) is 0 Å². The Kier molecular flexibility index (Phi) is 9.01. The molecule has 4 aromatic rings. The first-order chi connectivity index (χ1) is 22.7. The van der Waals surface area contributed by atoms with Gasteiger partial charge < -0.3 is 20.9 Å². The van der Waals surface area contributed by atoms with E-state index in [4.69, 9.17) is 0 Å². The third-order valence-corrected chi connectivity index (χ3v) is 8.88. The number of hydrogen-bond acceptors (Lipinski definition) is 6. The number of hydrogen-bond donors (Lipinski definition) is 4. The van der Waals surface area contributed by atoms with Crippen molar-refractivity contribution < 1.29 is 24.0 Å². The van der Waals surface area contributed by atoms with Crippen molar-refractivity contribution in [3.8, 4) is 0 Å². The number of fused-ring (bicyclic) bond motifs is 2. The van der Waals surface area contributed by atoms with Crippen molar-refractivity contribution in [2.75, 3.05) is 17.2 Å². The second-order valence-electron chi connectivity index (χ2n) is 12.1. The quantitative estimate of drug-likeness (QED) is 0.140. The van der Waals surface area contributed by atoms with Gasteiger partial charge in [-0.3, -0.25) is 29.3 Å². The van der Waals surface area contributed by atoms with E-state index in [1.54, 1.807) is 24.3 Å². The molecule has 1 fully saturated rings. The van der Waals surface area contributed by atoms with Crippen LogP contribution >= 0.6 is 0 Å². The minimum absolute atomic E-state index is 0.177. The van der Waals surface area contributed by atoms with Crippen LogP contribution in [0.1, 0.15) is 76.1 Å². The van der Waals surface area contributed by atoms with E-state index in [1.165, 1.54) is 4.90 Å². The molecule has 6 rings (SSSR count). The number of nitrogens with zero attached hydrogens (tertiary/aromatic N) is 1. The average Bonchev–Trinajstić information content (AvgIpc) is 3.40. The fourth-order valence-electron chi connectivity index (χ4n) is 6.37. The van der Waals surface area contributed by atoms with Crippen molar-refractivity contribution in [2.45, 2.75) is 58.2 Å². The Balaban J connectivity index is 1.02. The van der Waals surface area contributed by atoms with Gasteiger partial charge in [-0.2, -0.15) is 0 Å². The van der Waals surface area contributed by atoms with Crippen LogP contribution < -0.4 is 21.3 Å². The standard InChI is InChI=1S/C37H37N5O5/c1-22-15-16-25(20-29(22)35(45)39-23(2)26-11-5-9-24-8-3-4-10-27(24)26)40-33(43)14-7-19-38-31-13-6-12-28-30(31)21-42(37(28)47)32-17-18-34(44)41-36(32)46/h3-6,8-13,15-16,20,23,32,38H,7,14,17-19,21H2,1-2H3,(H,39,45)(H,40,43)(H,41,44,46)/t23-,32?/m1/s1. The van der Waals surface area contributed by atoms with Crippen LogP contribution in [0, 0.1) is 6.92 Å². The Hall–Kier alpha value is -5.51. The molecule has 0 aliphatic carbocycles. The van der Waals surface area contributed by atoms with Crippen LogP contribution in [0.4, 0.5) is 11.4 Å². The number of nitrogens with one attached hydrogen (secondary N) is 4. The van der Waals surface area contributed by atoms with Gasteiger partial charge in [0.25, 0.3) is 11.8 Å². The predicted octanol–water partition coefficient (Wildman–Crippen LogP) is 5.23. The zero-order valence-electron chi connectivity index (χ0n) is 26.4. The van der Waals surface area contributed by atoms with Crippen molar-refractivity contribution in [3.05, 3.63) is 107 Å². The highest BCUT2D eigenvalue weighted by molar-refractivity contribution is 6.06. The molecule has 0 spiro atoms. The van der Waals surface area contributed by atoms with Crippen molar-refractivity contribution in [2.24, 2.45) is 0 Å². The molecule has 0 bridgehead atoms. The number of imide groups is 1. The van der Waals surface area contributed by atoms with Gasteiger partial charge in [0, 0.05) is 54.0 Å². The SMILES string of the molecule is Cc1ccc(NC(=O)CCCNc2cccc3c2CN(C2CCC(=O)NC2=O)C3=O)cc1C(=O)N[C@H](C)c1cccc2ccccc12. The molecule has 0 radical (unpaired) electrons. The largest absolute Gasteiger partial charge is 0.385 e. The number of piperidine rings is 1. The number of carbonyl (C=O) groups is 5. The van der Waals surface area contributed by atoms with E-state index in [2.05, 4.69) is 39.5 Å². The number of benzene rings is 4. The van der Waals surface area contributed by atoms with Gasteiger partial charge in [0.1, 0.15) is 6.04 Å². The van der Waals surface area contributed by atoms with E-state index in [0.29, 0.717) is 36.2 Å². The molecule has 0 saturated carbocycles. The lowest BCUT2D eigenvalue weighted by Gasteiger charge is -2.29. The van der Waals surface area contributed by atoms with Gasteiger partial charge in [0.05, 0.1) is 6.04 Å². The molecule has 0 aromatic heterocycles. The van der Waals surface area contributed by atoms with Crippen molar-refractivity contribution >= 4 is 51.7 Å². The normalized spacial score (nSPS) is 16.4. The molecular weight excluding hydrogens is 594 g/mol. The minimum atomic E-state index is -0.676. The van der Waals surface area contributed by atoms with Crippen LogP contribution in [-0.2, 0) is 20.9 Å². The van der Waals surface area contributed by atoms with Crippen LogP contribution in [0.25, 0.3) is 10.8 Å². The molecule has 2 atom stereocenters. The molecule has 47 heavy (non-hydrogen) atoms. The van der Waals surface area contributed by atoms with Gasteiger partial charge >= 0.3 is 0 Å². The molecule has 2 aliphatic heterocycles. The lowest BCUT2D eigenvalue weighted by Crippen LogP contribution is -2.52. The summed E-state index contributed by atoms with van der Waals surface area (Å²) in [5, 5.41) is 13.9. The predicted molar refractivity (Wildman–Crippen MR) is 180 cm³/mol. The first-order valence-electron chi connectivity index (χ1n) is 15.9. The van der Waals surface area contributed by atoms with Crippen molar-refractivity contribution in [1.82, 2.24) is 15.5 Å². The Labute approximate surface area is 272 Å². The third kappa shape index (κ3) is 6.72. The highest BCUT2D eigenvalue weighted by atomic mass is 16.2. The molecular formula is C37H37N5O5. The topological polar surface area (TPSA) is 137 Å². The van der Waals surface area contributed by atoms with Gasteiger partial charge in [-0.15, -0.1) is 0 Å². The van der Waals surface area contributed by atoms with Crippen LogP contribution in [0.2, 0.25) is 0 Å². The van der Waals surface area contributed by atoms with Crippen LogP contribution in [0.3, 0.4) is 0 Å². The number of amides is 5. The molecule has 10 heteroatoms. The molecule has 4 N–H and O–H groups in total. The Bertz CT molecular complexity index is 1900. The fourth-order valence-corrected chi connectivity index (χ4v) is 6.37. The van der Waals surface area contributed by atoms with Crippen LogP contribution in [0.15, 0.2) is 78.9 Å². The summed E-state index contributed by atoms with van der Waals surface area (Å²) in [5.74, 6) is -1.39. The maximum Gasteiger partial charge on any atom is 0.255 e. The lowest BCUT2D eigenvalue weighted by molar-refractivity contribution is -0.137. The molecule has 4 aromatic carbocycles. The van der Waals surface area contributed by atoms with Gasteiger partial charge in [0.2, 0.25) is 17.7 Å². The van der Waals surface area contributed by atoms with E-state index >= 15 is 0 Å². The summed E-state index contributed by atoms with van der Waals surface area (Å²) in [4.78, 5) is 64.7. The van der Waals surface area contributed by atoms with E-state index in [1.807, 2.05) is 50.2 Å². The monoisotopic (exact) mass is 631 g/mol. The first-order valence-corrected chi connectivity index (χ1v) is 15.9. The second-order valence-corrected chi connectivity index (χ2v) is 12.1. The molecule has 2 heterocycles. The van der Waals surface area contributed by atoms with E-state index < -0.39 is 11.9 Å². The number of aryl methyl sites for hydroxylation is 1. The smallest absolute Gasteiger partial charge is 0.255 e. The molecule has 1 unspecified atom stereocenters. The summed E-state index contributed by atoms with van der Waals surface area (Å²) in [6.07, 6.45) is 1.28. The summed E-state index contributed by atoms with van der Waals surface area (Å²) < 4.78 is 0. The summed E-state index contributed by atoms with van der Waals surface area (Å²) in [7, 11) is 0. The maximum atomic E-state index is 13.3. The zero-order valence-corrected chi connectivity index (χ0v) is 26.4. The average molecular weight is 632 g/mol. The lowest BCUT2D eigenvalue weighted by atomic mass is 9.99. The summed E-state index contributed by atoms with van der Waals surface area (Å²) in [5.41, 5.74) is 4.98. The fraction of sp³-hybridized carbons (Fsp3) is 0.270. The van der Waals surface area contributed by atoms with E-state index in [9.17, 15) is 24.0 Å². The Morgan fingerprint density at radius 2 is 1.77 bits per heavy atom. The second kappa shape index (κ2) is 13.5. The highest BCUT2D eigenvalue weighted by Gasteiger charge is 2.39. The molecule has 240 valence electrons. The Morgan fingerprint density at radius 1 is 0.979 bits per heavy atom. The van der Waals surface area contributed by atoms with Gasteiger partial charge in [-0.05, 0) is 72.9 Å². The Morgan fingerprint density at radius 3 is 2.60 bits per heavy atom. The number of anilines is 2. The minimum Gasteiger partial charge on any atom is -0.385 e. The number of rotatable bonds is 10. The van der Waals surface area contributed by atoms with E-state index in [-0.39, 0.29) is 49.1 Å². The summed E-state index contributed by atoms with van der Waals surface area (Å²) >= 11 is 0.